The third-order valence-electron chi connectivity index (χ3n) is 3.98. The van der Waals surface area contributed by atoms with Gasteiger partial charge in [0.25, 0.3) is 0 Å². The number of nitrogens with zero attached hydrogens (tertiary/aromatic N) is 3. The van der Waals surface area contributed by atoms with E-state index in [2.05, 4.69) is 5.10 Å². The second-order valence-corrected chi connectivity index (χ2v) is 7.30. The predicted octanol–water partition coefficient (Wildman–Crippen LogP) is 3.41. The van der Waals surface area contributed by atoms with Crippen LogP contribution in [0.4, 0.5) is 0 Å². The van der Waals surface area contributed by atoms with Crippen molar-refractivity contribution >= 4 is 23.6 Å². The Morgan fingerprint density at radius 2 is 1.79 bits per heavy atom. The minimum Gasteiger partial charge on any atom is -0.457 e. The Balaban J connectivity index is 1.63. The maximum absolute atomic E-state index is 12.5. The monoisotopic (exact) mass is 395 g/mol. The maximum atomic E-state index is 12.5. The highest BCUT2D eigenvalue weighted by atomic mass is 32.2. The minimum atomic E-state index is -0.423. The van der Waals surface area contributed by atoms with Crippen molar-refractivity contribution in [1.82, 2.24) is 14.7 Å². The van der Waals surface area contributed by atoms with E-state index >= 15 is 0 Å². The third kappa shape index (κ3) is 5.01. The van der Waals surface area contributed by atoms with Gasteiger partial charge in [-0.3, -0.25) is 4.79 Å². The van der Waals surface area contributed by atoms with Crippen molar-refractivity contribution in [1.29, 1.82) is 0 Å². The summed E-state index contributed by atoms with van der Waals surface area (Å²) in [4.78, 5) is 26.6. The molecule has 0 radical (unpaired) electrons. The zero-order valence-electron chi connectivity index (χ0n) is 15.7. The molecule has 0 N–H and O–H groups in total. The van der Waals surface area contributed by atoms with Gasteiger partial charge in [-0.05, 0) is 24.3 Å². The molecule has 0 unspecified atom stereocenters. The molecule has 1 heterocycles. The van der Waals surface area contributed by atoms with Crippen molar-refractivity contribution in [3.8, 4) is 5.69 Å². The Labute approximate surface area is 168 Å². The van der Waals surface area contributed by atoms with Gasteiger partial charge in [0.05, 0.1) is 23.2 Å². The number of carbonyl (C=O) groups is 2. The molecular weight excluding hydrogens is 374 g/mol. The third-order valence-corrected chi connectivity index (χ3v) is 5.04. The van der Waals surface area contributed by atoms with Crippen molar-refractivity contribution < 1.29 is 14.3 Å². The first-order chi connectivity index (χ1) is 13.5. The van der Waals surface area contributed by atoms with Gasteiger partial charge in [0.2, 0.25) is 5.91 Å². The Hall–Kier alpha value is -3.06. The summed E-state index contributed by atoms with van der Waals surface area (Å²) in [5, 5.41) is 4.30. The van der Waals surface area contributed by atoms with Gasteiger partial charge in [-0.25, -0.2) is 9.48 Å². The summed E-state index contributed by atoms with van der Waals surface area (Å²) in [6.07, 6.45) is 3.51. The van der Waals surface area contributed by atoms with Crippen LogP contribution in [0.5, 0.6) is 0 Å². The van der Waals surface area contributed by atoms with Crippen LogP contribution in [0.2, 0.25) is 0 Å². The number of benzene rings is 2. The normalized spacial score (nSPS) is 10.5. The van der Waals surface area contributed by atoms with Gasteiger partial charge in [-0.1, -0.05) is 30.3 Å². The summed E-state index contributed by atoms with van der Waals surface area (Å²) in [6, 6.07) is 16.9. The molecule has 7 heteroatoms. The average Bonchev–Trinajstić information content (AvgIpc) is 3.20. The molecule has 2 aromatic carbocycles. The van der Waals surface area contributed by atoms with Gasteiger partial charge in [0, 0.05) is 30.8 Å². The van der Waals surface area contributed by atoms with Crippen LogP contribution < -0.4 is 0 Å². The van der Waals surface area contributed by atoms with E-state index in [9.17, 15) is 9.59 Å². The van der Waals surface area contributed by atoms with Gasteiger partial charge >= 0.3 is 5.97 Å². The van der Waals surface area contributed by atoms with Crippen molar-refractivity contribution in [2.24, 2.45) is 0 Å². The highest BCUT2D eigenvalue weighted by molar-refractivity contribution is 8.00. The van der Waals surface area contributed by atoms with Gasteiger partial charge in [0.15, 0.2) is 0 Å². The van der Waals surface area contributed by atoms with Crippen LogP contribution in [-0.4, -0.2) is 46.4 Å². The maximum Gasteiger partial charge on any atom is 0.339 e. The van der Waals surface area contributed by atoms with Crippen LogP contribution in [0.3, 0.4) is 0 Å². The zero-order valence-corrected chi connectivity index (χ0v) is 16.6. The first kappa shape index (κ1) is 19.7. The SMILES string of the molecule is CN(C)C(=O)CSc1ccccc1C(=O)OCc1cnn(-c2ccccc2)c1. The molecule has 1 amide bonds. The lowest BCUT2D eigenvalue weighted by Gasteiger charge is -2.11. The molecule has 3 aromatic rings. The fourth-order valence-electron chi connectivity index (χ4n) is 2.41. The van der Waals surface area contributed by atoms with Crippen LogP contribution in [0.1, 0.15) is 15.9 Å². The van der Waals surface area contributed by atoms with E-state index in [0.717, 1.165) is 16.1 Å². The van der Waals surface area contributed by atoms with Crippen LogP contribution in [0.25, 0.3) is 5.69 Å². The van der Waals surface area contributed by atoms with Crippen molar-refractivity contribution in [3.05, 3.63) is 78.1 Å². The first-order valence-electron chi connectivity index (χ1n) is 8.72. The number of para-hydroxylation sites is 1. The smallest absolute Gasteiger partial charge is 0.339 e. The number of carbonyl (C=O) groups excluding carboxylic acids is 2. The molecule has 3 rings (SSSR count). The summed E-state index contributed by atoms with van der Waals surface area (Å²) in [6.45, 7) is 0.126. The molecule has 0 saturated carbocycles. The molecule has 1 aromatic heterocycles. The number of rotatable bonds is 7. The topological polar surface area (TPSA) is 64.4 Å². The standard InChI is InChI=1S/C21H21N3O3S/c1-23(2)20(25)15-28-19-11-7-6-10-18(19)21(26)27-14-16-12-22-24(13-16)17-8-4-3-5-9-17/h3-13H,14-15H2,1-2H3. The summed E-state index contributed by atoms with van der Waals surface area (Å²) in [7, 11) is 3.41. The number of thioether (sulfide) groups is 1. The number of esters is 1. The van der Waals surface area contributed by atoms with E-state index in [1.165, 1.54) is 16.7 Å². The number of aromatic nitrogens is 2. The molecule has 6 nitrogen and oxygen atoms in total. The number of hydrogen-bond acceptors (Lipinski definition) is 5. The van der Waals surface area contributed by atoms with Crippen molar-refractivity contribution in [2.45, 2.75) is 11.5 Å². The lowest BCUT2D eigenvalue weighted by atomic mass is 10.2. The first-order valence-corrected chi connectivity index (χ1v) is 9.71. The van der Waals surface area contributed by atoms with E-state index in [4.69, 9.17) is 4.74 Å². The lowest BCUT2D eigenvalue weighted by molar-refractivity contribution is -0.125. The fraction of sp³-hybridized carbons (Fsp3) is 0.190. The largest absolute Gasteiger partial charge is 0.457 e. The van der Waals surface area contributed by atoms with Gasteiger partial charge in [-0.15, -0.1) is 11.8 Å². The summed E-state index contributed by atoms with van der Waals surface area (Å²) < 4.78 is 7.19. The minimum absolute atomic E-state index is 0.0125. The van der Waals surface area contributed by atoms with Crippen molar-refractivity contribution in [2.75, 3.05) is 19.8 Å². The lowest BCUT2D eigenvalue weighted by Crippen LogP contribution is -2.23. The number of amides is 1. The van der Waals surface area contributed by atoms with E-state index < -0.39 is 5.97 Å². The molecule has 0 aliphatic heterocycles. The number of ether oxygens (including phenoxy) is 1. The summed E-state index contributed by atoms with van der Waals surface area (Å²) >= 11 is 1.33. The van der Waals surface area contributed by atoms with Gasteiger partial charge in [0.1, 0.15) is 6.61 Å². The molecule has 0 atom stereocenters. The molecule has 0 fully saturated rings. The Morgan fingerprint density at radius 3 is 2.54 bits per heavy atom. The van der Waals surface area contributed by atoms with E-state index in [-0.39, 0.29) is 18.3 Å². The van der Waals surface area contributed by atoms with Crippen LogP contribution in [0.15, 0.2) is 71.9 Å². The zero-order chi connectivity index (χ0) is 19.9. The second kappa shape index (κ2) is 9.23. The quantitative estimate of drug-likeness (QED) is 0.453. The highest BCUT2D eigenvalue weighted by Crippen LogP contribution is 2.24. The molecule has 28 heavy (non-hydrogen) atoms. The summed E-state index contributed by atoms with van der Waals surface area (Å²) in [5.41, 5.74) is 2.19. The predicted molar refractivity (Wildman–Crippen MR) is 109 cm³/mol. The molecule has 144 valence electrons. The Morgan fingerprint density at radius 1 is 1.07 bits per heavy atom. The molecular formula is C21H21N3O3S. The van der Waals surface area contributed by atoms with Crippen LogP contribution >= 0.6 is 11.8 Å². The van der Waals surface area contributed by atoms with Crippen molar-refractivity contribution in [3.63, 3.8) is 0 Å². The average molecular weight is 395 g/mol. The van der Waals surface area contributed by atoms with E-state index in [0.29, 0.717) is 5.56 Å². The molecule has 0 spiro atoms. The fourth-order valence-corrected chi connectivity index (χ4v) is 3.43. The molecule has 0 saturated heterocycles. The summed E-state index contributed by atoms with van der Waals surface area (Å²) in [5.74, 6) is -0.171. The van der Waals surface area contributed by atoms with Crippen LogP contribution in [0, 0.1) is 0 Å². The van der Waals surface area contributed by atoms with Gasteiger partial charge < -0.3 is 9.64 Å². The second-order valence-electron chi connectivity index (χ2n) is 6.28. The van der Waals surface area contributed by atoms with Crippen LogP contribution in [-0.2, 0) is 16.1 Å². The Kier molecular flexibility index (Phi) is 6.49. The number of hydrogen-bond donors (Lipinski definition) is 0. The molecule has 0 aliphatic carbocycles. The highest BCUT2D eigenvalue weighted by Gasteiger charge is 2.15. The van der Waals surface area contributed by atoms with E-state index in [1.807, 2.05) is 48.7 Å². The molecule has 0 bridgehead atoms. The molecule has 0 aliphatic rings. The Bertz CT molecular complexity index is 954. The van der Waals surface area contributed by atoms with Gasteiger partial charge in [-0.2, -0.15) is 5.10 Å². The van der Waals surface area contributed by atoms with E-state index in [1.54, 1.807) is 37.1 Å².